The van der Waals surface area contributed by atoms with Gasteiger partial charge in [0, 0.05) is 24.2 Å². The van der Waals surface area contributed by atoms with E-state index >= 15 is 0 Å². The molecule has 0 spiro atoms. The van der Waals surface area contributed by atoms with Gasteiger partial charge in [-0.1, -0.05) is 0 Å². The summed E-state index contributed by atoms with van der Waals surface area (Å²) in [6.45, 7) is 3.30. The molecule has 0 aromatic heterocycles. The molecular weight excluding hydrogens is 255 g/mol. The minimum atomic E-state index is -1.03. The summed E-state index contributed by atoms with van der Waals surface area (Å²) in [6.07, 6.45) is 0. The number of hydrogen-bond acceptors (Lipinski definition) is 4. The highest BCUT2D eigenvalue weighted by atomic mass is 19.1. The maximum Gasteiger partial charge on any atom is 0.317 e. The summed E-state index contributed by atoms with van der Waals surface area (Å²) in [4.78, 5) is 22.5. The first-order valence-corrected chi connectivity index (χ1v) is 5.70. The highest BCUT2D eigenvalue weighted by molar-refractivity contribution is 5.69. The third kappa shape index (κ3) is 4.29. The van der Waals surface area contributed by atoms with Crippen molar-refractivity contribution in [2.45, 2.75) is 26.4 Å². The largest absolute Gasteiger partial charge is 0.480 e. The van der Waals surface area contributed by atoms with Gasteiger partial charge in [0.25, 0.3) is 5.69 Å². The van der Waals surface area contributed by atoms with Crippen molar-refractivity contribution < 1.29 is 19.2 Å². The summed E-state index contributed by atoms with van der Waals surface area (Å²) in [5.74, 6) is -1.62. The number of carboxylic acids is 1. The summed E-state index contributed by atoms with van der Waals surface area (Å²) in [5, 5.41) is 19.6. The summed E-state index contributed by atoms with van der Waals surface area (Å²) < 4.78 is 13.2. The molecule has 1 rings (SSSR count). The lowest BCUT2D eigenvalue weighted by Gasteiger charge is -2.24. The number of halogens is 1. The Morgan fingerprint density at radius 2 is 2.16 bits per heavy atom. The first-order valence-electron chi connectivity index (χ1n) is 5.70. The number of benzene rings is 1. The Morgan fingerprint density at radius 3 is 2.63 bits per heavy atom. The number of nitro benzene ring substituents is 1. The van der Waals surface area contributed by atoms with Gasteiger partial charge < -0.3 is 5.11 Å². The molecular formula is C12H15FN2O4. The summed E-state index contributed by atoms with van der Waals surface area (Å²) >= 11 is 0. The molecule has 104 valence electrons. The molecule has 0 unspecified atom stereocenters. The van der Waals surface area contributed by atoms with E-state index in [4.69, 9.17) is 5.11 Å². The van der Waals surface area contributed by atoms with Gasteiger partial charge in [0.2, 0.25) is 0 Å². The van der Waals surface area contributed by atoms with Crippen LogP contribution < -0.4 is 0 Å². The molecule has 0 fully saturated rings. The van der Waals surface area contributed by atoms with E-state index in [0.29, 0.717) is 0 Å². The lowest BCUT2D eigenvalue weighted by molar-refractivity contribution is -0.385. The maximum atomic E-state index is 13.2. The predicted molar refractivity (Wildman–Crippen MR) is 66.2 cm³/mol. The maximum absolute atomic E-state index is 13.2. The van der Waals surface area contributed by atoms with E-state index in [0.717, 1.165) is 18.2 Å². The van der Waals surface area contributed by atoms with Crippen molar-refractivity contribution in [3.8, 4) is 0 Å². The Labute approximate surface area is 109 Å². The summed E-state index contributed by atoms with van der Waals surface area (Å²) in [7, 11) is 0. The molecule has 0 saturated carbocycles. The molecule has 0 bridgehead atoms. The molecule has 0 radical (unpaired) electrons. The molecule has 1 aromatic carbocycles. The van der Waals surface area contributed by atoms with Gasteiger partial charge in [-0.05, 0) is 26.0 Å². The third-order valence-electron chi connectivity index (χ3n) is 2.68. The number of hydrogen-bond donors (Lipinski definition) is 1. The smallest absolute Gasteiger partial charge is 0.317 e. The lowest BCUT2D eigenvalue weighted by Crippen LogP contribution is -2.35. The van der Waals surface area contributed by atoms with E-state index in [1.165, 1.54) is 4.90 Å². The first kappa shape index (κ1) is 15.0. The number of rotatable bonds is 6. The van der Waals surface area contributed by atoms with Crippen LogP contribution in [0.4, 0.5) is 10.1 Å². The molecule has 19 heavy (non-hydrogen) atoms. The van der Waals surface area contributed by atoms with Crippen LogP contribution in [-0.2, 0) is 11.3 Å². The van der Waals surface area contributed by atoms with Crippen LogP contribution in [0.2, 0.25) is 0 Å². The second-order valence-electron chi connectivity index (χ2n) is 4.42. The van der Waals surface area contributed by atoms with Crippen LogP contribution in [0, 0.1) is 15.9 Å². The highest BCUT2D eigenvalue weighted by Crippen LogP contribution is 2.22. The standard InChI is InChI=1S/C12H15FN2O4/c1-8(2)14(7-12(16)17)6-9-5-10(13)3-4-11(9)15(18)19/h3-5,8H,6-7H2,1-2H3,(H,16,17). The van der Waals surface area contributed by atoms with E-state index in [2.05, 4.69) is 0 Å². The van der Waals surface area contributed by atoms with Crippen molar-refractivity contribution in [2.24, 2.45) is 0 Å². The van der Waals surface area contributed by atoms with Gasteiger partial charge in [-0.2, -0.15) is 0 Å². The Morgan fingerprint density at radius 1 is 1.53 bits per heavy atom. The van der Waals surface area contributed by atoms with E-state index in [1.54, 1.807) is 13.8 Å². The molecule has 1 N–H and O–H groups in total. The fourth-order valence-electron chi connectivity index (χ4n) is 1.67. The average Bonchev–Trinajstić information content (AvgIpc) is 2.26. The van der Waals surface area contributed by atoms with Crippen molar-refractivity contribution in [1.82, 2.24) is 4.90 Å². The SMILES string of the molecule is CC(C)N(CC(=O)O)Cc1cc(F)ccc1[N+](=O)[O-]. The molecule has 0 aliphatic carbocycles. The second-order valence-corrected chi connectivity index (χ2v) is 4.42. The Kier molecular flexibility index (Phi) is 4.94. The van der Waals surface area contributed by atoms with Crippen LogP contribution in [-0.4, -0.2) is 33.5 Å². The van der Waals surface area contributed by atoms with Crippen molar-refractivity contribution in [1.29, 1.82) is 0 Å². The lowest BCUT2D eigenvalue weighted by atomic mass is 10.1. The fraction of sp³-hybridized carbons (Fsp3) is 0.417. The Hall–Kier alpha value is -2.02. The summed E-state index contributed by atoms with van der Waals surface area (Å²) in [5.41, 5.74) is -0.0441. The van der Waals surface area contributed by atoms with Crippen LogP contribution in [0.3, 0.4) is 0 Å². The molecule has 0 saturated heterocycles. The van der Waals surface area contributed by atoms with Crippen LogP contribution >= 0.6 is 0 Å². The number of aliphatic carboxylic acids is 1. The Bertz CT molecular complexity index is 491. The van der Waals surface area contributed by atoms with Gasteiger partial charge in [0.15, 0.2) is 0 Å². The number of nitro groups is 1. The van der Waals surface area contributed by atoms with Gasteiger partial charge in [0.05, 0.1) is 11.5 Å². The van der Waals surface area contributed by atoms with Gasteiger partial charge in [0.1, 0.15) is 5.82 Å². The summed E-state index contributed by atoms with van der Waals surface area (Å²) in [6, 6.07) is 3.04. The van der Waals surface area contributed by atoms with Crippen LogP contribution in [0.25, 0.3) is 0 Å². The van der Waals surface area contributed by atoms with Crippen molar-refractivity contribution in [2.75, 3.05) is 6.54 Å². The quantitative estimate of drug-likeness (QED) is 0.631. The van der Waals surface area contributed by atoms with E-state index in [-0.39, 0.29) is 30.4 Å². The molecule has 0 heterocycles. The number of carboxylic acid groups (broad SMARTS) is 1. The normalized spacial score (nSPS) is 11.0. The van der Waals surface area contributed by atoms with Crippen molar-refractivity contribution in [3.63, 3.8) is 0 Å². The molecule has 1 aromatic rings. The molecule has 7 heteroatoms. The Balaban J connectivity index is 3.04. The zero-order valence-electron chi connectivity index (χ0n) is 10.7. The topological polar surface area (TPSA) is 83.7 Å². The fourth-order valence-corrected chi connectivity index (χ4v) is 1.67. The van der Waals surface area contributed by atoms with Gasteiger partial charge in [-0.3, -0.25) is 19.8 Å². The zero-order chi connectivity index (χ0) is 14.6. The third-order valence-corrected chi connectivity index (χ3v) is 2.68. The minimum absolute atomic E-state index is 0.0119. The molecule has 6 nitrogen and oxygen atoms in total. The van der Waals surface area contributed by atoms with E-state index < -0.39 is 16.7 Å². The average molecular weight is 270 g/mol. The molecule has 0 atom stereocenters. The molecule has 0 amide bonds. The predicted octanol–water partition coefficient (Wildman–Crippen LogP) is 2.03. The van der Waals surface area contributed by atoms with Gasteiger partial charge in [-0.25, -0.2) is 4.39 Å². The van der Waals surface area contributed by atoms with Gasteiger partial charge in [-0.15, -0.1) is 0 Å². The van der Waals surface area contributed by atoms with Gasteiger partial charge >= 0.3 is 5.97 Å². The molecule has 0 aliphatic heterocycles. The van der Waals surface area contributed by atoms with E-state index in [9.17, 15) is 19.3 Å². The van der Waals surface area contributed by atoms with Crippen molar-refractivity contribution >= 4 is 11.7 Å². The van der Waals surface area contributed by atoms with Crippen LogP contribution in [0.1, 0.15) is 19.4 Å². The van der Waals surface area contributed by atoms with Crippen LogP contribution in [0.5, 0.6) is 0 Å². The highest BCUT2D eigenvalue weighted by Gasteiger charge is 2.20. The van der Waals surface area contributed by atoms with E-state index in [1.807, 2.05) is 0 Å². The number of nitrogens with zero attached hydrogens (tertiary/aromatic N) is 2. The number of carbonyl (C=O) groups is 1. The van der Waals surface area contributed by atoms with Crippen molar-refractivity contribution in [3.05, 3.63) is 39.7 Å². The minimum Gasteiger partial charge on any atom is -0.480 e. The first-order chi connectivity index (χ1) is 8.81. The van der Waals surface area contributed by atoms with Crippen LogP contribution in [0.15, 0.2) is 18.2 Å². The monoisotopic (exact) mass is 270 g/mol. The molecule has 0 aliphatic rings. The zero-order valence-corrected chi connectivity index (χ0v) is 10.7. The second kappa shape index (κ2) is 6.24.